The van der Waals surface area contributed by atoms with Crippen LogP contribution >= 0.6 is 0 Å². The Hall–Kier alpha value is -2.05. The number of aliphatic hydroxyl groups is 1. The summed E-state index contributed by atoms with van der Waals surface area (Å²) in [5, 5.41) is 23.7. The van der Waals surface area contributed by atoms with Gasteiger partial charge in [-0.05, 0) is 32.9 Å². The van der Waals surface area contributed by atoms with Crippen molar-refractivity contribution in [1.29, 1.82) is 5.26 Å². The van der Waals surface area contributed by atoms with Gasteiger partial charge in [-0.25, -0.2) is 4.68 Å². The zero-order valence-electron chi connectivity index (χ0n) is 14.8. The predicted octanol–water partition coefficient (Wildman–Crippen LogP) is 1.02. The minimum absolute atomic E-state index is 0.283. The fourth-order valence-electron chi connectivity index (χ4n) is 3.49. The van der Waals surface area contributed by atoms with Gasteiger partial charge in [0.25, 0.3) is 0 Å². The molecule has 8 nitrogen and oxygen atoms in total. The highest BCUT2D eigenvalue weighted by Crippen LogP contribution is 2.49. The quantitative estimate of drug-likeness (QED) is 0.820. The molecule has 4 atom stereocenters. The lowest BCUT2D eigenvalue weighted by Crippen LogP contribution is -2.41. The molecule has 0 aliphatic carbocycles. The first-order valence-electron chi connectivity index (χ1n) is 8.02. The van der Waals surface area contributed by atoms with E-state index in [0.29, 0.717) is 11.4 Å². The normalized spacial score (nSPS) is 33.9. The summed E-state index contributed by atoms with van der Waals surface area (Å²) in [6.07, 6.45) is -1.94. The molecule has 0 aromatic carbocycles. The molecule has 0 amide bonds. The van der Waals surface area contributed by atoms with Gasteiger partial charge in [0, 0.05) is 13.8 Å². The molecule has 25 heavy (non-hydrogen) atoms. The summed E-state index contributed by atoms with van der Waals surface area (Å²) in [6.45, 7) is 8.70. The summed E-state index contributed by atoms with van der Waals surface area (Å²) in [5.74, 6) is -0.878. The van der Waals surface area contributed by atoms with E-state index in [4.69, 9.17) is 14.2 Å². The van der Waals surface area contributed by atoms with Crippen LogP contribution < -0.4 is 0 Å². The van der Waals surface area contributed by atoms with E-state index in [1.165, 1.54) is 4.68 Å². The Morgan fingerprint density at radius 2 is 2.12 bits per heavy atom. The third kappa shape index (κ3) is 2.51. The second-order valence-electron chi connectivity index (χ2n) is 6.57. The molecule has 1 N–H and O–H groups in total. The Morgan fingerprint density at radius 3 is 2.68 bits per heavy atom. The number of nitriles is 1. The second-order valence-corrected chi connectivity index (χ2v) is 6.57. The van der Waals surface area contributed by atoms with Gasteiger partial charge in [0.05, 0.1) is 23.7 Å². The molecule has 0 spiro atoms. The Morgan fingerprint density at radius 1 is 1.40 bits per heavy atom. The first-order valence-corrected chi connectivity index (χ1v) is 8.02. The van der Waals surface area contributed by atoms with Crippen molar-refractivity contribution in [1.82, 2.24) is 4.68 Å². The number of aliphatic hydroxyl groups excluding tert-OH is 1. The van der Waals surface area contributed by atoms with E-state index in [0.717, 1.165) is 5.71 Å². The van der Waals surface area contributed by atoms with E-state index in [-0.39, 0.29) is 6.61 Å². The van der Waals surface area contributed by atoms with Crippen LogP contribution in [0.1, 0.15) is 32.2 Å². The Kier molecular flexibility index (Phi) is 4.29. The minimum atomic E-state index is -1.47. The van der Waals surface area contributed by atoms with Crippen LogP contribution in [0.4, 0.5) is 0 Å². The van der Waals surface area contributed by atoms with Crippen LogP contribution in [-0.4, -0.2) is 60.0 Å². The number of ether oxygens (including phenoxy) is 3. The zero-order valence-corrected chi connectivity index (χ0v) is 14.8. The summed E-state index contributed by atoms with van der Waals surface area (Å²) >= 11 is 0. The first kappa shape index (κ1) is 17.8. The molecule has 2 aliphatic rings. The van der Waals surface area contributed by atoms with Crippen molar-refractivity contribution in [2.24, 2.45) is 10.1 Å². The molecule has 2 saturated heterocycles. The highest BCUT2D eigenvalue weighted by atomic mass is 16.8. The number of aromatic nitrogens is 1. The van der Waals surface area contributed by atoms with Crippen molar-refractivity contribution >= 4 is 12.4 Å². The summed E-state index contributed by atoms with van der Waals surface area (Å²) in [5.41, 5.74) is 0.436. The largest absolute Gasteiger partial charge is 0.394 e. The third-order valence-corrected chi connectivity index (χ3v) is 4.66. The maximum atomic E-state index is 10.0. The second kappa shape index (κ2) is 6.04. The van der Waals surface area contributed by atoms with Crippen LogP contribution in [0.25, 0.3) is 0 Å². The first-order chi connectivity index (χ1) is 11.8. The molecule has 134 valence electrons. The SMILES string of the molecule is C=Nn1c(C(C)=NC)ccc1[C@]1(C#N)O[C@H](CO)[C@H]2OC(C)(C)O[C@H]21. The van der Waals surface area contributed by atoms with E-state index < -0.39 is 29.7 Å². The molecule has 1 aromatic rings. The van der Waals surface area contributed by atoms with E-state index in [1.807, 2.05) is 6.92 Å². The van der Waals surface area contributed by atoms with Gasteiger partial charge in [-0.3, -0.25) is 4.99 Å². The van der Waals surface area contributed by atoms with Crippen LogP contribution in [0.15, 0.2) is 22.2 Å². The van der Waals surface area contributed by atoms with Gasteiger partial charge < -0.3 is 19.3 Å². The summed E-state index contributed by atoms with van der Waals surface area (Å²) < 4.78 is 19.3. The molecule has 1 aromatic heterocycles. The smallest absolute Gasteiger partial charge is 0.226 e. The van der Waals surface area contributed by atoms with Gasteiger partial charge in [-0.2, -0.15) is 10.4 Å². The molecule has 0 bridgehead atoms. The van der Waals surface area contributed by atoms with Crippen LogP contribution in [0, 0.1) is 11.3 Å². The fourth-order valence-corrected chi connectivity index (χ4v) is 3.49. The van der Waals surface area contributed by atoms with Crippen molar-refractivity contribution in [3.63, 3.8) is 0 Å². The summed E-state index contributed by atoms with van der Waals surface area (Å²) in [7, 11) is 1.68. The maximum Gasteiger partial charge on any atom is 0.226 e. The Balaban J connectivity index is 2.16. The van der Waals surface area contributed by atoms with Gasteiger partial charge in [0.2, 0.25) is 5.60 Å². The van der Waals surface area contributed by atoms with Crippen molar-refractivity contribution in [3.8, 4) is 6.07 Å². The average Bonchev–Trinajstić information content (AvgIpc) is 3.23. The van der Waals surface area contributed by atoms with Gasteiger partial charge >= 0.3 is 0 Å². The lowest BCUT2D eigenvalue weighted by Gasteiger charge is -2.29. The molecular weight excluding hydrogens is 324 g/mol. The standard InChI is InChI=1S/C17H22N4O4/c1-10(19-4)11-6-7-13(21(11)20-5)17(9-18)15-14(12(8-22)23-17)24-16(2,3)25-15/h6-7,12,14-15,22H,5,8H2,1-4H3/t12-,14-,15-,17+/m1/s1. The van der Waals surface area contributed by atoms with E-state index in [9.17, 15) is 10.4 Å². The number of fused-ring (bicyclic) bond motifs is 1. The van der Waals surface area contributed by atoms with Gasteiger partial charge in [-0.1, -0.05) is 0 Å². The number of rotatable bonds is 4. The molecule has 0 saturated carbocycles. The van der Waals surface area contributed by atoms with Crippen LogP contribution in [0.5, 0.6) is 0 Å². The molecular formula is C17H22N4O4. The number of nitrogens with zero attached hydrogens (tertiary/aromatic N) is 4. The highest BCUT2D eigenvalue weighted by Gasteiger charge is 2.65. The predicted molar refractivity (Wildman–Crippen MR) is 90.6 cm³/mol. The molecule has 2 aliphatic heterocycles. The zero-order chi connectivity index (χ0) is 18.4. The minimum Gasteiger partial charge on any atom is -0.394 e. The lowest BCUT2D eigenvalue weighted by molar-refractivity contribution is -0.204. The fraction of sp³-hybridized carbons (Fsp3) is 0.588. The molecule has 2 fully saturated rings. The molecule has 8 heteroatoms. The number of hydrogen-bond donors (Lipinski definition) is 1. The van der Waals surface area contributed by atoms with Gasteiger partial charge in [0.15, 0.2) is 5.79 Å². The summed E-state index contributed by atoms with van der Waals surface area (Å²) in [6, 6.07) is 5.77. The average molecular weight is 346 g/mol. The van der Waals surface area contributed by atoms with E-state index >= 15 is 0 Å². The van der Waals surface area contributed by atoms with Gasteiger partial charge in [-0.15, -0.1) is 0 Å². The van der Waals surface area contributed by atoms with Crippen molar-refractivity contribution in [2.45, 2.75) is 50.5 Å². The number of hydrogen-bond acceptors (Lipinski definition) is 7. The molecule has 3 heterocycles. The third-order valence-electron chi connectivity index (χ3n) is 4.66. The van der Waals surface area contributed by atoms with Crippen molar-refractivity contribution < 1.29 is 19.3 Å². The van der Waals surface area contributed by atoms with Crippen molar-refractivity contribution in [2.75, 3.05) is 13.7 Å². The van der Waals surface area contributed by atoms with E-state index in [2.05, 4.69) is 22.9 Å². The molecule has 3 rings (SSSR count). The molecule has 0 radical (unpaired) electrons. The van der Waals surface area contributed by atoms with Crippen molar-refractivity contribution in [3.05, 3.63) is 23.5 Å². The maximum absolute atomic E-state index is 10.0. The molecule has 0 unspecified atom stereocenters. The lowest BCUT2D eigenvalue weighted by atomic mass is 9.92. The Labute approximate surface area is 146 Å². The van der Waals surface area contributed by atoms with Crippen LogP contribution in [0.2, 0.25) is 0 Å². The summed E-state index contributed by atoms with van der Waals surface area (Å²) in [4.78, 5) is 4.16. The highest BCUT2D eigenvalue weighted by molar-refractivity contribution is 5.97. The Bertz CT molecular complexity index is 763. The topological polar surface area (TPSA) is 101 Å². The van der Waals surface area contributed by atoms with Crippen LogP contribution in [0.3, 0.4) is 0 Å². The van der Waals surface area contributed by atoms with Gasteiger partial charge in [0.1, 0.15) is 24.4 Å². The monoisotopic (exact) mass is 346 g/mol. The van der Waals surface area contributed by atoms with E-state index in [1.54, 1.807) is 33.0 Å². The number of aliphatic imine (C=N–C) groups is 1. The van der Waals surface area contributed by atoms with Crippen LogP contribution in [-0.2, 0) is 19.8 Å².